The second-order valence-electron chi connectivity index (χ2n) is 3.87. The Kier molecular flexibility index (Phi) is 2.52. The Balaban J connectivity index is 1.95. The summed E-state index contributed by atoms with van der Waals surface area (Å²) in [6, 6.07) is 11.0. The van der Waals surface area contributed by atoms with Crippen LogP contribution in [-0.2, 0) is 0 Å². The monoisotopic (exact) mass is 292 g/mol. The molecule has 0 spiro atoms. The fraction of sp³-hybridized carbons (Fsp3) is 0.154. The Morgan fingerprint density at radius 3 is 2.82 bits per heavy atom. The molecule has 0 radical (unpaired) electrons. The number of hydrogen-bond acceptors (Lipinski definition) is 3. The van der Waals surface area contributed by atoms with Crippen LogP contribution in [0, 0.1) is 0 Å². The van der Waals surface area contributed by atoms with Crippen LogP contribution in [0.1, 0.15) is 22.0 Å². The van der Waals surface area contributed by atoms with Gasteiger partial charge in [-0.25, -0.2) is 0 Å². The van der Waals surface area contributed by atoms with Crippen molar-refractivity contribution in [2.24, 2.45) is 0 Å². The van der Waals surface area contributed by atoms with Crippen molar-refractivity contribution in [1.82, 2.24) is 0 Å². The van der Waals surface area contributed by atoms with Crippen molar-refractivity contribution in [2.45, 2.75) is 5.92 Å². The van der Waals surface area contributed by atoms with E-state index in [9.17, 15) is 4.79 Å². The number of ether oxygens (including phenoxy) is 1. The number of fused-ring (bicyclic) bond motifs is 1. The zero-order valence-corrected chi connectivity index (χ0v) is 10.4. The number of carbonyl (C=O) groups is 1. The van der Waals surface area contributed by atoms with Gasteiger partial charge in [-0.05, 0) is 34.1 Å². The highest BCUT2D eigenvalue weighted by Crippen LogP contribution is 2.35. The average Bonchev–Trinajstić information content (AvgIpc) is 2.94. The van der Waals surface area contributed by atoms with Crippen LogP contribution in [0.4, 0.5) is 0 Å². The van der Waals surface area contributed by atoms with Crippen molar-refractivity contribution >= 4 is 21.7 Å². The van der Waals surface area contributed by atoms with E-state index in [1.54, 1.807) is 12.1 Å². The Labute approximate surface area is 107 Å². The third-order valence-electron chi connectivity index (χ3n) is 2.83. The molecule has 0 N–H and O–H groups in total. The maximum absolute atomic E-state index is 12.2. The molecular formula is C13H9BrO3. The van der Waals surface area contributed by atoms with Crippen molar-refractivity contribution in [3.8, 4) is 5.75 Å². The van der Waals surface area contributed by atoms with Crippen LogP contribution in [0.3, 0.4) is 0 Å². The van der Waals surface area contributed by atoms with E-state index in [2.05, 4.69) is 15.9 Å². The maximum atomic E-state index is 12.2. The van der Waals surface area contributed by atoms with Crippen LogP contribution in [0.2, 0.25) is 0 Å². The predicted octanol–water partition coefficient (Wildman–Crippen LogP) is 3.40. The summed E-state index contributed by atoms with van der Waals surface area (Å²) in [7, 11) is 0. The lowest BCUT2D eigenvalue weighted by Crippen LogP contribution is -2.13. The van der Waals surface area contributed by atoms with E-state index in [0.717, 1.165) is 11.3 Å². The normalized spacial score (nSPS) is 17.6. The molecule has 17 heavy (non-hydrogen) atoms. The molecule has 1 aromatic heterocycles. The molecule has 0 aliphatic carbocycles. The van der Waals surface area contributed by atoms with Crippen molar-refractivity contribution in [3.05, 3.63) is 52.4 Å². The van der Waals surface area contributed by atoms with Crippen molar-refractivity contribution in [2.75, 3.05) is 6.61 Å². The first kappa shape index (κ1) is 10.6. The Bertz CT molecular complexity index is 574. The summed E-state index contributed by atoms with van der Waals surface area (Å²) in [6.45, 7) is 0.385. The zero-order chi connectivity index (χ0) is 11.8. The molecule has 1 aliphatic rings. The topological polar surface area (TPSA) is 39.4 Å². The minimum absolute atomic E-state index is 0.0411. The number of rotatable bonds is 2. The van der Waals surface area contributed by atoms with Gasteiger partial charge < -0.3 is 9.15 Å². The number of ketones is 1. The summed E-state index contributed by atoms with van der Waals surface area (Å²) in [5.41, 5.74) is 0.935. The minimum Gasteiger partial charge on any atom is -0.492 e. The number of Topliss-reactive ketones (excluding diaryl/α,β-unsaturated/α-hetero) is 1. The Morgan fingerprint density at radius 1 is 1.24 bits per heavy atom. The van der Waals surface area contributed by atoms with E-state index >= 15 is 0 Å². The van der Waals surface area contributed by atoms with Crippen LogP contribution < -0.4 is 4.74 Å². The van der Waals surface area contributed by atoms with Crippen LogP contribution in [0.25, 0.3) is 0 Å². The molecule has 2 heterocycles. The van der Waals surface area contributed by atoms with Gasteiger partial charge in [0.15, 0.2) is 10.4 Å². The third-order valence-corrected chi connectivity index (χ3v) is 3.26. The van der Waals surface area contributed by atoms with Crippen LogP contribution in [0.15, 0.2) is 45.5 Å². The van der Waals surface area contributed by atoms with E-state index in [-0.39, 0.29) is 11.7 Å². The van der Waals surface area contributed by atoms with Gasteiger partial charge in [0.05, 0.1) is 5.92 Å². The van der Waals surface area contributed by atoms with Crippen molar-refractivity contribution in [3.63, 3.8) is 0 Å². The molecule has 4 heteroatoms. The highest BCUT2D eigenvalue weighted by atomic mass is 79.9. The number of halogens is 1. The van der Waals surface area contributed by atoms with E-state index in [1.807, 2.05) is 24.3 Å². The molecule has 3 rings (SSSR count). The minimum atomic E-state index is -0.260. The summed E-state index contributed by atoms with van der Waals surface area (Å²) in [6.07, 6.45) is 0. The first-order valence-corrected chi connectivity index (χ1v) is 6.06. The third kappa shape index (κ3) is 1.78. The maximum Gasteiger partial charge on any atom is 0.209 e. The quantitative estimate of drug-likeness (QED) is 0.797. The molecule has 1 unspecified atom stereocenters. The molecule has 0 bridgehead atoms. The number of para-hydroxylation sites is 1. The van der Waals surface area contributed by atoms with Crippen LogP contribution >= 0.6 is 15.9 Å². The summed E-state index contributed by atoms with van der Waals surface area (Å²) >= 11 is 3.19. The lowest BCUT2D eigenvalue weighted by Gasteiger charge is -2.04. The van der Waals surface area contributed by atoms with Gasteiger partial charge in [-0.15, -0.1) is 0 Å². The fourth-order valence-corrected chi connectivity index (χ4v) is 2.30. The number of carbonyl (C=O) groups excluding carboxylic acids is 1. The summed E-state index contributed by atoms with van der Waals surface area (Å²) in [5.74, 6) is 0.851. The average molecular weight is 293 g/mol. The SMILES string of the molecule is O=C(c1ccc(Br)o1)C1COc2ccccc21. The van der Waals surface area contributed by atoms with Crippen molar-refractivity contribution < 1.29 is 13.9 Å². The van der Waals surface area contributed by atoms with E-state index < -0.39 is 0 Å². The smallest absolute Gasteiger partial charge is 0.209 e. The van der Waals surface area contributed by atoms with Gasteiger partial charge in [0.25, 0.3) is 0 Å². The fourth-order valence-electron chi connectivity index (χ4n) is 2.00. The first-order valence-electron chi connectivity index (χ1n) is 5.27. The molecule has 1 aromatic carbocycles. The molecule has 2 aromatic rings. The number of furan rings is 1. The molecule has 1 atom stereocenters. The van der Waals surface area contributed by atoms with Gasteiger partial charge in [0.2, 0.25) is 5.78 Å². The highest BCUT2D eigenvalue weighted by molar-refractivity contribution is 9.10. The van der Waals surface area contributed by atoms with Crippen LogP contribution in [-0.4, -0.2) is 12.4 Å². The second-order valence-corrected chi connectivity index (χ2v) is 4.65. The summed E-state index contributed by atoms with van der Waals surface area (Å²) in [5, 5.41) is 0. The molecule has 0 saturated heterocycles. The molecule has 0 amide bonds. The van der Waals surface area contributed by atoms with E-state index in [1.165, 1.54) is 0 Å². The van der Waals surface area contributed by atoms with Crippen molar-refractivity contribution in [1.29, 1.82) is 0 Å². The Hall–Kier alpha value is -1.55. The number of benzene rings is 1. The van der Waals surface area contributed by atoms with Gasteiger partial charge in [-0.3, -0.25) is 4.79 Å². The lowest BCUT2D eigenvalue weighted by molar-refractivity contribution is 0.0918. The molecule has 1 aliphatic heterocycles. The van der Waals surface area contributed by atoms with Gasteiger partial charge in [0.1, 0.15) is 12.4 Å². The number of hydrogen-bond donors (Lipinski definition) is 0. The standard InChI is InChI=1S/C13H9BrO3/c14-12-6-5-11(17-12)13(15)9-7-16-10-4-2-1-3-8(9)10/h1-6,9H,7H2. The molecule has 0 saturated carbocycles. The lowest BCUT2D eigenvalue weighted by atomic mass is 9.95. The predicted molar refractivity (Wildman–Crippen MR) is 65.4 cm³/mol. The zero-order valence-electron chi connectivity index (χ0n) is 8.85. The van der Waals surface area contributed by atoms with Gasteiger partial charge >= 0.3 is 0 Å². The molecule has 0 fully saturated rings. The summed E-state index contributed by atoms with van der Waals surface area (Å²) < 4.78 is 11.3. The second kappa shape index (κ2) is 4.04. The van der Waals surface area contributed by atoms with E-state index in [4.69, 9.17) is 9.15 Å². The van der Waals surface area contributed by atoms with Gasteiger partial charge in [-0.1, -0.05) is 18.2 Å². The van der Waals surface area contributed by atoms with Crippen LogP contribution in [0.5, 0.6) is 5.75 Å². The largest absolute Gasteiger partial charge is 0.492 e. The first-order chi connectivity index (χ1) is 8.25. The molecule has 3 nitrogen and oxygen atoms in total. The van der Waals surface area contributed by atoms with E-state index in [0.29, 0.717) is 17.0 Å². The van der Waals surface area contributed by atoms with Gasteiger partial charge in [-0.2, -0.15) is 0 Å². The summed E-state index contributed by atoms with van der Waals surface area (Å²) in [4.78, 5) is 12.2. The molecular weight excluding hydrogens is 284 g/mol. The molecule has 86 valence electrons. The Morgan fingerprint density at radius 2 is 2.06 bits per heavy atom. The van der Waals surface area contributed by atoms with Gasteiger partial charge in [0, 0.05) is 5.56 Å². The highest BCUT2D eigenvalue weighted by Gasteiger charge is 2.32.